The highest BCUT2D eigenvalue weighted by Crippen LogP contribution is 2.22. The van der Waals surface area contributed by atoms with E-state index in [1.165, 1.54) is 23.1 Å². The van der Waals surface area contributed by atoms with Gasteiger partial charge in [-0.2, -0.15) is 5.26 Å². The molecule has 0 heterocycles. The summed E-state index contributed by atoms with van der Waals surface area (Å²) in [4.78, 5) is 13.2. The molecule has 5 heteroatoms. The van der Waals surface area contributed by atoms with Crippen molar-refractivity contribution in [2.75, 3.05) is 13.6 Å². The van der Waals surface area contributed by atoms with Crippen LogP contribution in [0.15, 0.2) is 18.2 Å². The van der Waals surface area contributed by atoms with Gasteiger partial charge in [0.2, 0.25) is 0 Å². The van der Waals surface area contributed by atoms with Crippen LogP contribution in [0.2, 0.25) is 5.02 Å². The zero-order valence-corrected chi connectivity index (χ0v) is 9.53. The Balaban J connectivity index is 2.88. The van der Waals surface area contributed by atoms with Gasteiger partial charge in [-0.15, -0.1) is 0 Å². The zero-order valence-electron chi connectivity index (χ0n) is 8.77. The third-order valence-electron chi connectivity index (χ3n) is 2.09. The molecule has 0 saturated carbocycles. The van der Waals surface area contributed by atoms with E-state index in [0.717, 1.165) is 0 Å². The predicted molar refractivity (Wildman–Crippen MR) is 60.3 cm³/mol. The van der Waals surface area contributed by atoms with E-state index in [1.54, 1.807) is 7.05 Å². The van der Waals surface area contributed by atoms with Crippen molar-refractivity contribution in [1.29, 1.82) is 5.26 Å². The Morgan fingerprint density at radius 3 is 2.94 bits per heavy atom. The number of nitriles is 1. The van der Waals surface area contributed by atoms with Crippen molar-refractivity contribution in [1.82, 2.24) is 4.90 Å². The van der Waals surface area contributed by atoms with Gasteiger partial charge in [-0.1, -0.05) is 11.6 Å². The van der Waals surface area contributed by atoms with Crippen LogP contribution in [0.3, 0.4) is 0 Å². The van der Waals surface area contributed by atoms with Crippen LogP contribution < -0.4 is 0 Å². The first-order chi connectivity index (χ1) is 7.56. The minimum atomic E-state index is -0.309. The molecule has 0 aromatic heterocycles. The quantitative estimate of drug-likeness (QED) is 0.876. The van der Waals surface area contributed by atoms with E-state index in [2.05, 4.69) is 0 Å². The van der Waals surface area contributed by atoms with Gasteiger partial charge in [-0.25, -0.2) is 0 Å². The van der Waals surface area contributed by atoms with Gasteiger partial charge < -0.3 is 10.0 Å². The van der Waals surface area contributed by atoms with Crippen LogP contribution in [-0.4, -0.2) is 29.5 Å². The first kappa shape index (κ1) is 12.3. The van der Waals surface area contributed by atoms with Gasteiger partial charge in [-0.3, -0.25) is 4.79 Å². The summed E-state index contributed by atoms with van der Waals surface area (Å²) in [6.07, 6.45) is 0.263. The lowest BCUT2D eigenvalue weighted by Crippen LogP contribution is -2.27. The summed E-state index contributed by atoms with van der Waals surface area (Å²) >= 11 is 5.85. The molecule has 0 aliphatic heterocycles. The first-order valence-electron chi connectivity index (χ1n) is 4.67. The maximum Gasteiger partial charge on any atom is 0.255 e. The summed E-state index contributed by atoms with van der Waals surface area (Å²) < 4.78 is 0. The Labute approximate surface area is 98.7 Å². The Hall–Kier alpha value is -1.73. The van der Waals surface area contributed by atoms with Crippen LogP contribution in [0.5, 0.6) is 5.75 Å². The van der Waals surface area contributed by atoms with Crippen molar-refractivity contribution in [2.24, 2.45) is 0 Å². The molecule has 0 aliphatic rings. The van der Waals surface area contributed by atoms with Gasteiger partial charge in [0.25, 0.3) is 5.91 Å². The van der Waals surface area contributed by atoms with Gasteiger partial charge in [0.05, 0.1) is 23.1 Å². The highest BCUT2D eigenvalue weighted by molar-refractivity contribution is 6.33. The number of hydrogen-bond donors (Lipinski definition) is 1. The summed E-state index contributed by atoms with van der Waals surface area (Å²) in [5.41, 5.74) is 0.238. The van der Waals surface area contributed by atoms with Gasteiger partial charge in [0, 0.05) is 13.6 Å². The molecule has 0 bridgehead atoms. The highest BCUT2D eigenvalue weighted by Gasteiger charge is 2.15. The molecule has 1 N–H and O–H groups in total. The molecule has 1 rings (SSSR count). The Bertz CT molecular complexity index is 440. The van der Waals surface area contributed by atoms with Crippen LogP contribution in [0.4, 0.5) is 0 Å². The second-order valence-corrected chi connectivity index (χ2v) is 3.71. The SMILES string of the molecule is CN(CCC#N)C(=O)c1cc(O)ccc1Cl. The standard InChI is InChI=1S/C11H11ClN2O2/c1-14(6-2-5-13)11(16)9-7-8(15)3-4-10(9)12/h3-4,7,15H,2,6H2,1H3. The normalized spacial score (nSPS) is 9.56. The molecule has 84 valence electrons. The first-order valence-corrected chi connectivity index (χ1v) is 5.05. The molecule has 1 aromatic carbocycles. The molecule has 16 heavy (non-hydrogen) atoms. The topological polar surface area (TPSA) is 64.3 Å². The van der Waals surface area contributed by atoms with E-state index in [1.807, 2.05) is 6.07 Å². The van der Waals surface area contributed by atoms with Crippen LogP contribution in [0, 0.1) is 11.3 Å². The van der Waals surface area contributed by atoms with Crippen LogP contribution in [0.25, 0.3) is 0 Å². The molecular weight excluding hydrogens is 228 g/mol. The number of rotatable bonds is 3. The number of aromatic hydroxyl groups is 1. The molecule has 0 atom stereocenters. The zero-order chi connectivity index (χ0) is 12.1. The number of carbonyl (C=O) groups excluding carboxylic acids is 1. The number of hydrogen-bond acceptors (Lipinski definition) is 3. The van der Waals surface area contributed by atoms with E-state index < -0.39 is 0 Å². The molecule has 0 aliphatic carbocycles. The predicted octanol–water partition coefficient (Wildman–Crippen LogP) is 2.03. The Kier molecular flexibility index (Phi) is 4.15. The van der Waals surface area contributed by atoms with E-state index in [-0.39, 0.29) is 28.7 Å². The fourth-order valence-corrected chi connectivity index (χ4v) is 1.40. The van der Waals surface area contributed by atoms with Crippen molar-refractivity contribution in [3.05, 3.63) is 28.8 Å². The second-order valence-electron chi connectivity index (χ2n) is 3.30. The molecule has 4 nitrogen and oxygen atoms in total. The van der Waals surface area contributed by atoms with Crippen LogP contribution >= 0.6 is 11.6 Å². The third-order valence-corrected chi connectivity index (χ3v) is 2.42. The lowest BCUT2D eigenvalue weighted by molar-refractivity contribution is 0.0798. The molecule has 0 radical (unpaired) electrons. The Morgan fingerprint density at radius 1 is 1.62 bits per heavy atom. The molecule has 0 saturated heterocycles. The van der Waals surface area contributed by atoms with Crippen molar-refractivity contribution >= 4 is 17.5 Å². The number of amides is 1. The summed E-state index contributed by atoms with van der Waals surface area (Å²) in [7, 11) is 1.58. The van der Waals surface area contributed by atoms with E-state index in [4.69, 9.17) is 16.9 Å². The summed E-state index contributed by atoms with van der Waals surface area (Å²) in [6, 6.07) is 6.14. The van der Waals surface area contributed by atoms with Gasteiger partial charge in [0.1, 0.15) is 5.75 Å². The number of phenolic OH excluding ortho intramolecular Hbond substituents is 1. The maximum absolute atomic E-state index is 11.8. The number of nitrogens with zero attached hydrogens (tertiary/aromatic N) is 2. The largest absolute Gasteiger partial charge is 0.508 e. The molecule has 1 aromatic rings. The average Bonchev–Trinajstić information content (AvgIpc) is 2.28. The lowest BCUT2D eigenvalue weighted by Gasteiger charge is -2.16. The smallest absolute Gasteiger partial charge is 0.255 e. The number of phenols is 1. The Morgan fingerprint density at radius 2 is 2.31 bits per heavy atom. The van der Waals surface area contributed by atoms with Crippen molar-refractivity contribution in [2.45, 2.75) is 6.42 Å². The monoisotopic (exact) mass is 238 g/mol. The molecule has 0 fully saturated rings. The number of benzene rings is 1. The van der Waals surface area contributed by atoms with Crippen molar-refractivity contribution in [3.63, 3.8) is 0 Å². The minimum Gasteiger partial charge on any atom is -0.508 e. The van der Waals surface area contributed by atoms with Crippen LogP contribution in [-0.2, 0) is 0 Å². The number of halogens is 1. The van der Waals surface area contributed by atoms with Crippen molar-refractivity contribution in [3.8, 4) is 11.8 Å². The summed E-state index contributed by atoms with van der Waals surface area (Å²) in [6.45, 7) is 0.335. The maximum atomic E-state index is 11.8. The number of carbonyl (C=O) groups is 1. The molecule has 0 spiro atoms. The van der Waals surface area contributed by atoms with E-state index in [9.17, 15) is 9.90 Å². The van der Waals surface area contributed by atoms with Crippen molar-refractivity contribution < 1.29 is 9.90 Å². The second kappa shape index (κ2) is 5.38. The summed E-state index contributed by atoms with van der Waals surface area (Å²) in [5, 5.41) is 18.0. The van der Waals surface area contributed by atoms with E-state index >= 15 is 0 Å². The van der Waals surface area contributed by atoms with Gasteiger partial charge in [-0.05, 0) is 18.2 Å². The molecular formula is C11H11ClN2O2. The lowest BCUT2D eigenvalue weighted by atomic mass is 10.2. The average molecular weight is 239 g/mol. The third kappa shape index (κ3) is 2.88. The van der Waals surface area contributed by atoms with E-state index in [0.29, 0.717) is 6.54 Å². The van der Waals surface area contributed by atoms with Gasteiger partial charge >= 0.3 is 0 Å². The van der Waals surface area contributed by atoms with Crippen LogP contribution in [0.1, 0.15) is 16.8 Å². The van der Waals surface area contributed by atoms with Gasteiger partial charge in [0.15, 0.2) is 0 Å². The minimum absolute atomic E-state index is 0.0126. The molecule has 0 unspecified atom stereocenters. The summed E-state index contributed by atoms with van der Waals surface area (Å²) in [5.74, 6) is -0.322. The molecule has 1 amide bonds. The fraction of sp³-hybridized carbons (Fsp3) is 0.273. The fourth-order valence-electron chi connectivity index (χ4n) is 1.20. The highest BCUT2D eigenvalue weighted by atomic mass is 35.5.